The van der Waals surface area contributed by atoms with Gasteiger partial charge < -0.3 is 20.5 Å². The van der Waals surface area contributed by atoms with Gasteiger partial charge in [-0.15, -0.1) is 0 Å². The molecule has 2 amide bonds. The van der Waals surface area contributed by atoms with E-state index in [-0.39, 0.29) is 22.9 Å². The number of fused-ring (bicyclic) bond motifs is 1. The molecule has 0 radical (unpaired) electrons. The van der Waals surface area contributed by atoms with Crippen molar-refractivity contribution in [2.24, 2.45) is 0 Å². The summed E-state index contributed by atoms with van der Waals surface area (Å²) in [4.78, 5) is 36.8. The number of aromatic carboxylic acids is 1. The first-order valence-electron chi connectivity index (χ1n) is 10.4. The number of anilines is 1. The van der Waals surface area contributed by atoms with Gasteiger partial charge in [0.25, 0.3) is 5.91 Å². The molecule has 0 spiro atoms. The third-order valence-corrected chi connectivity index (χ3v) is 5.12. The fourth-order valence-electron chi connectivity index (χ4n) is 3.46. The molecule has 1 atom stereocenters. The van der Waals surface area contributed by atoms with Crippen LogP contribution >= 0.6 is 0 Å². The van der Waals surface area contributed by atoms with Crippen LogP contribution in [0.1, 0.15) is 40.1 Å². The Morgan fingerprint density at radius 1 is 1.00 bits per heavy atom. The first-order valence-corrected chi connectivity index (χ1v) is 10.4. The minimum Gasteiger partial charge on any atom is -0.478 e. The van der Waals surface area contributed by atoms with Crippen LogP contribution in [-0.4, -0.2) is 42.6 Å². The largest absolute Gasteiger partial charge is 0.478 e. The highest BCUT2D eigenvalue weighted by Gasteiger charge is 2.17. The number of carbonyl (C=O) groups excluding carboxylic acids is 2. The summed E-state index contributed by atoms with van der Waals surface area (Å²) >= 11 is 0. The number of carboxylic acids is 1. The molecule has 0 saturated heterocycles. The van der Waals surface area contributed by atoms with Gasteiger partial charge in [-0.1, -0.05) is 36.4 Å². The van der Waals surface area contributed by atoms with Gasteiger partial charge >= 0.3 is 5.97 Å². The van der Waals surface area contributed by atoms with E-state index >= 15 is 0 Å². The average Bonchev–Trinajstić information content (AvgIpc) is 2.78. The Balaban J connectivity index is 1.83. The Bertz CT molecular complexity index is 1230. The van der Waals surface area contributed by atoms with E-state index in [1.165, 1.54) is 31.4 Å². The molecule has 3 aromatic rings. The van der Waals surface area contributed by atoms with Crippen molar-refractivity contribution in [1.82, 2.24) is 5.32 Å². The predicted molar refractivity (Wildman–Crippen MR) is 128 cm³/mol. The van der Waals surface area contributed by atoms with Gasteiger partial charge in [-0.3, -0.25) is 9.59 Å². The molecule has 0 heterocycles. The lowest BCUT2D eigenvalue weighted by molar-refractivity contribution is -0.111. The van der Waals surface area contributed by atoms with Gasteiger partial charge in [0, 0.05) is 24.8 Å². The van der Waals surface area contributed by atoms with Gasteiger partial charge in [-0.25, -0.2) is 4.79 Å². The summed E-state index contributed by atoms with van der Waals surface area (Å²) in [6.07, 6.45) is 1.41. The van der Waals surface area contributed by atoms with E-state index in [4.69, 9.17) is 4.74 Å². The SMILES string of the molecule is COCC(C)NC(=O)c1ccc(C(=O)O)c(NC(=O)C=C(C)c2ccc3ccccc3c2)c1. The molecule has 0 aromatic heterocycles. The number of hydrogen-bond donors (Lipinski definition) is 3. The Morgan fingerprint density at radius 3 is 2.39 bits per heavy atom. The summed E-state index contributed by atoms with van der Waals surface area (Å²) in [5.41, 5.74) is 1.76. The molecule has 0 fully saturated rings. The summed E-state index contributed by atoms with van der Waals surface area (Å²) in [7, 11) is 1.53. The van der Waals surface area contributed by atoms with Crippen LogP contribution < -0.4 is 10.6 Å². The lowest BCUT2D eigenvalue weighted by Gasteiger charge is -2.14. The number of methoxy groups -OCH3 is 1. The minimum atomic E-state index is -1.21. The number of carboxylic acid groups (broad SMARTS) is 1. The van der Waals surface area contributed by atoms with Gasteiger partial charge in [-0.05, 0) is 60.0 Å². The lowest BCUT2D eigenvalue weighted by Crippen LogP contribution is -2.35. The quantitative estimate of drug-likeness (QED) is 0.447. The van der Waals surface area contributed by atoms with Crippen LogP contribution in [0.2, 0.25) is 0 Å². The number of carbonyl (C=O) groups is 3. The molecule has 1 unspecified atom stereocenters. The molecule has 170 valence electrons. The van der Waals surface area contributed by atoms with Crippen LogP contribution in [0, 0.1) is 0 Å². The lowest BCUT2D eigenvalue weighted by atomic mass is 10.0. The molecule has 0 aliphatic heterocycles. The topological polar surface area (TPSA) is 105 Å². The number of hydrogen-bond acceptors (Lipinski definition) is 4. The van der Waals surface area contributed by atoms with Crippen LogP contribution in [0.3, 0.4) is 0 Å². The highest BCUT2D eigenvalue weighted by molar-refractivity contribution is 6.08. The van der Waals surface area contributed by atoms with Crippen molar-refractivity contribution in [3.8, 4) is 0 Å². The Labute approximate surface area is 192 Å². The Morgan fingerprint density at radius 2 is 1.70 bits per heavy atom. The Hall–Kier alpha value is -3.97. The van der Waals surface area contributed by atoms with Crippen LogP contribution in [0.15, 0.2) is 66.7 Å². The summed E-state index contributed by atoms with van der Waals surface area (Å²) in [6, 6.07) is 17.6. The molecule has 3 rings (SSSR count). The van der Waals surface area contributed by atoms with Crippen molar-refractivity contribution >= 4 is 39.8 Å². The molecule has 3 aromatic carbocycles. The van der Waals surface area contributed by atoms with E-state index in [0.29, 0.717) is 6.61 Å². The zero-order chi connectivity index (χ0) is 24.0. The Kier molecular flexibility index (Phi) is 7.58. The van der Waals surface area contributed by atoms with Gasteiger partial charge in [-0.2, -0.15) is 0 Å². The number of amides is 2. The van der Waals surface area contributed by atoms with Crippen molar-refractivity contribution in [2.75, 3.05) is 19.0 Å². The summed E-state index contributed by atoms with van der Waals surface area (Å²) in [5, 5.41) is 17.0. The normalized spacial score (nSPS) is 12.3. The molecule has 7 heteroatoms. The second-order valence-electron chi connectivity index (χ2n) is 7.77. The van der Waals surface area contributed by atoms with Gasteiger partial charge in [0.05, 0.1) is 17.9 Å². The molecule has 0 aliphatic rings. The van der Waals surface area contributed by atoms with Crippen LogP contribution in [0.5, 0.6) is 0 Å². The highest BCUT2D eigenvalue weighted by Crippen LogP contribution is 2.22. The number of benzene rings is 3. The molecule has 0 aliphatic carbocycles. The maximum Gasteiger partial charge on any atom is 0.337 e. The maximum absolute atomic E-state index is 12.7. The minimum absolute atomic E-state index is 0.0436. The molecule has 33 heavy (non-hydrogen) atoms. The van der Waals surface area contributed by atoms with E-state index in [1.54, 1.807) is 6.92 Å². The molecular formula is C26H26N2O5. The zero-order valence-corrected chi connectivity index (χ0v) is 18.7. The van der Waals surface area contributed by atoms with Crippen molar-refractivity contribution in [3.05, 3.63) is 83.4 Å². The summed E-state index contributed by atoms with van der Waals surface area (Å²) in [5.74, 6) is -2.09. The summed E-state index contributed by atoms with van der Waals surface area (Å²) in [6.45, 7) is 3.93. The fraction of sp³-hybridized carbons (Fsp3) is 0.192. The average molecular weight is 447 g/mol. The monoisotopic (exact) mass is 446 g/mol. The highest BCUT2D eigenvalue weighted by atomic mass is 16.5. The molecular weight excluding hydrogens is 420 g/mol. The van der Waals surface area contributed by atoms with E-state index in [0.717, 1.165) is 21.9 Å². The zero-order valence-electron chi connectivity index (χ0n) is 18.7. The number of rotatable bonds is 8. The first kappa shape index (κ1) is 23.7. The van der Waals surface area contributed by atoms with E-state index < -0.39 is 17.8 Å². The van der Waals surface area contributed by atoms with E-state index in [2.05, 4.69) is 10.6 Å². The van der Waals surface area contributed by atoms with E-state index in [1.807, 2.05) is 49.4 Å². The molecule has 7 nitrogen and oxygen atoms in total. The van der Waals surface area contributed by atoms with Crippen LogP contribution in [0.4, 0.5) is 5.69 Å². The third kappa shape index (κ3) is 6.05. The molecule has 3 N–H and O–H groups in total. The van der Waals surface area contributed by atoms with Crippen LogP contribution in [-0.2, 0) is 9.53 Å². The van der Waals surface area contributed by atoms with Gasteiger partial charge in [0.2, 0.25) is 5.91 Å². The van der Waals surface area contributed by atoms with E-state index in [9.17, 15) is 19.5 Å². The fourth-order valence-corrected chi connectivity index (χ4v) is 3.46. The maximum atomic E-state index is 12.7. The molecule has 0 bridgehead atoms. The number of allylic oxidation sites excluding steroid dienone is 1. The predicted octanol–water partition coefficient (Wildman–Crippen LogP) is 4.34. The van der Waals surface area contributed by atoms with Crippen molar-refractivity contribution in [3.63, 3.8) is 0 Å². The standard InChI is InChI=1S/C26H26N2O5/c1-16(19-9-8-18-6-4-5-7-20(18)13-19)12-24(29)28-23-14-21(10-11-22(23)26(31)32)25(30)27-17(2)15-33-3/h4-14,17H,15H2,1-3H3,(H,27,30)(H,28,29)(H,31,32). The second kappa shape index (κ2) is 10.6. The summed E-state index contributed by atoms with van der Waals surface area (Å²) < 4.78 is 5.01. The second-order valence-corrected chi connectivity index (χ2v) is 7.77. The molecule has 0 saturated carbocycles. The smallest absolute Gasteiger partial charge is 0.337 e. The first-order chi connectivity index (χ1) is 15.8. The third-order valence-electron chi connectivity index (χ3n) is 5.12. The number of nitrogens with one attached hydrogen (secondary N) is 2. The van der Waals surface area contributed by atoms with Crippen molar-refractivity contribution < 1.29 is 24.2 Å². The van der Waals surface area contributed by atoms with Crippen molar-refractivity contribution in [2.45, 2.75) is 19.9 Å². The van der Waals surface area contributed by atoms with Crippen molar-refractivity contribution in [1.29, 1.82) is 0 Å². The van der Waals surface area contributed by atoms with Gasteiger partial charge in [0.15, 0.2) is 0 Å². The van der Waals surface area contributed by atoms with Gasteiger partial charge in [0.1, 0.15) is 0 Å². The van der Waals surface area contributed by atoms with Crippen LogP contribution in [0.25, 0.3) is 16.3 Å². The number of ether oxygens (including phenoxy) is 1.